The zero-order chi connectivity index (χ0) is 10.3. The number of aromatic nitrogens is 1. The molecular formula is C8H5BClF3KN. The van der Waals surface area contributed by atoms with Crippen molar-refractivity contribution < 1.29 is 64.3 Å². The van der Waals surface area contributed by atoms with Crippen molar-refractivity contribution in [3.63, 3.8) is 0 Å². The summed E-state index contributed by atoms with van der Waals surface area (Å²) in [6, 6.07) is 5.65. The molecule has 1 aromatic heterocycles. The van der Waals surface area contributed by atoms with Gasteiger partial charge in [-0.05, 0) is 29.2 Å². The van der Waals surface area contributed by atoms with E-state index in [1.807, 2.05) is 0 Å². The van der Waals surface area contributed by atoms with Crippen LogP contribution in [0.4, 0.5) is 12.9 Å². The topological polar surface area (TPSA) is 15.8 Å². The second-order valence-corrected chi connectivity index (χ2v) is 3.47. The minimum atomic E-state index is -4.97. The maximum absolute atomic E-state index is 12.3. The predicted octanol–water partition coefficient (Wildman–Crippen LogP) is -0.120. The molecule has 1 N–H and O–H groups in total. The van der Waals surface area contributed by atoms with Crippen molar-refractivity contribution in [2.24, 2.45) is 0 Å². The largest absolute Gasteiger partial charge is 1.00 e. The van der Waals surface area contributed by atoms with Crippen LogP contribution in [0, 0.1) is 0 Å². The standard InChI is InChI=1S/C8H5BClF3N.K/c10-6-1-2-7-5(3-6)4-8(14-7)9(11,12)13;/h1-4,14H;/q-1;+1. The molecule has 0 bridgehead atoms. The summed E-state index contributed by atoms with van der Waals surface area (Å²) in [6.45, 7) is -4.97. The van der Waals surface area contributed by atoms with E-state index in [2.05, 4.69) is 4.98 Å². The van der Waals surface area contributed by atoms with E-state index >= 15 is 0 Å². The van der Waals surface area contributed by atoms with Gasteiger partial charge in [-0.1, -0.05) is 17.7 Å². The minimum absolute atomic E-state index is 0. The van der Waals surface area contributed by atoms with Crippen molar-refractivity contribution >= 4 is 35.1 Å². The number of fused-ring (bicyclic) bond motifs is 1. The first-order valence-electron chi connectivity index (χ1n) is 3.95. The number of hydrogen-bond acceptors (Lipinski definition) is 0. The van der Waals surface area contributed by atoms with Gasteiger partial charge in [0.2, 0.25) is 0 Å². The average Bonchev–Trinajstić information content (AvgIpc) is 2.45. The number of H-pyrrole nitrogens is 1. The van der Waals surface area contributed by atoms with Crippen molar-refractivity contribution in [1.82, 2.24) is 4.98 Å². The normalized spacial score (nSPS) is 11.5. The molecule has 15 heavy (non-hydrogen) atoms. The molecule has 0 aliphatic heterocycles. The number of hydrogen-bond donors (Lipinski definition) is 1. The van der Waals surface area contributed by atoms with Gasteiger partial charge in [0.25, 0.3) is 0 Å². The van der Waals surface area contributed by atoms with Crippen LogP contribution in [0.15, 0.2) is 24.3 Å². The minimum Gasteiger partial charge on any atom is -0.444 e. The third-order valence-electron chi connectivity index (χ3n) is 1.96. The molecule has 1 nitrogen and oxygen atoms in total. The average molecular weight is 257 g/mol. The third kappa shape index (κ3) is 3.02. The Morgan fingerprint density at radius 3 is 2.40 bits per heavy atom. The summed E-state index contributed by atoms with van der Waals surface area (Å²) in [5.41, 5.74) is -0.245. The first-order chi connectivity index (χ1) is 6.47. The summed E-state index contributed by atoms with van der Waals surface area (Å²) in [5.74, 6) is 0. The fourth-order valence-corrected chi connectivity index (χ4v) is 1.48. The molecule has 0 unspecified atom stereocenters. The molecular weight excluding hydrogens is 252 g/mol. The van der Waals surface area contributed by atoms with Gasteiger partial charge >= 0.3 is 58.4 Å². The summed E-state index contributed by atoms with van der Waals surface area (Å²) in [7, 11) is 0. The molecule has 0 aliphatic carbocycles. The van der Waals surface area contributed by atoms with Crippen molar-refractivity contribution in [2.75, 3.05) is 0 Å². The molecule has 1 heterocycles. The summed E-state index contributed by atoms with van der Waals surface area (Å²) < 4.78 is 37.0. The molecule has 7 heteroatoms. The van der Waals surface area contributed by atoms with Crippen LogP contribution in [0.25, 0.3) is 10.9 Å². The first kappa shape index (κ1) is 13.6. The predicted molar refractivity (Wildman–Crippen MR) is 52.0 cm³/mol. The Labute approximate surface area is 132 Å². The number of halogens is 4. The zero-order valence-corrected chi connectivity index (χ0v) is 11.8. The Kier molecular flexibility index (Phi) is 4.36. The molecule has 0 saturated heterocycles. The van der Waals surface area contributed by atoms with E-state index in [0.717, 1.165) is 6.07 Å². The van der Waals surface area contributed by atoms with Crippen molar-refractivity contribution in [1.29, 1.82) is 0 Å². The van der Waals surface area contributed by atoms with Crippen LogP contribution in [0.5, 0.6) is 0 Å². The summed E-state index contributed by atoms with van der Waals surface area (Å²) >= 11 is 5.65. The Morgan fingerprint density at radius 1 is 1.13 bits per heavy atom. The van der Waals surface area contributed by atoms with E-state index in [4.69, 9.17) is 11.6 Å². The fraction of sp³-hybridized carbons (Fsp3) is 0. The molecule has 0 spiro atoms. The first-order valence-corrected chi connectivity index (χ1v) is 4.33. The molecule has 2 rings (SSSR count). The van der Waals surface area contributed by atoms with Crippen molar-refractivity contribution in [2.45, 2.75) is 0 Å². The van der Waals surface area contributed by atoms with Crippen molar-refractivity contribution in [3.05, 3.63) is 29.3 Å². The van der Waals surface area contributed by atoms with Crippen molar-refractivity contribution in [3.8, 4) is 0 Å². The van der Waals surface area contributed by atoms with E-state index in [9.17, 15) is 12.9 Å². The van der Waals surface area contributed by atoms with Gasteiger partial charge < -0.3 is 17.9 Å². The van der Waals surface area contributed by atoms with Gasteiger partial charge in [0, 0.05) is 10.5 Å². The van der Waals surface area contributed by atoms with Crippen LogP contribution in [0.1, 0.15) is 0 Å². The number of rotatable bonds is 1. The summed E-state index contributed by atoms with van der Waals surface area (Å²) in [5, 5.41) is 0.907. The van der Waals surface area contributed by atoms with E-state index in [1.165, 1.54) is 12.1 Å². The van der Waals surface area contributed by atoms with Crippen LogP contribution >= 0.6 is 11.6 Å². The second kappa shape index (κ2) is 4.81. The molecule has 1 aromatic carbocycles. The molecule has 0 radical (unpaired) electrons. The van der Waals surface area contributed by atoms with Crippen LogP contribution in [0.3, 0.4) is 0 Å². The summed E-state index contributed by atoms with van der Waals surface area (Å²) in [4.78, 5) is 2.31. The fourth-order valence-electron chi connectivity index (χ4n) is 1.30. The quantitative estimate of drug-likeness (QED) is 0.686. The van der Waals surface area contributed by atoms with Gasteiger partial charge in [0.1, 0.15) is 0 Å². The van der Waals surface area contributed by atoms with E-state index in [1.54, 1.807) is 6.07 Å². The monoisotopic (exact) mass is 257 g/mol. The SMILES string of the molecule is F[B-](F)(F)c1cc2cc(Cl)ccc2[nH]1.[K+]. The number of benzene rings is 1. The molecule has 2 aromatic rings. The smallest absolute Gasteiger partial charge is 0.444 e. The van der Waals surface area contributed by atoms with E-state index in [0.29, 0.717) is 15.9 Å². The van der Waals surface area contributed by atoms with Gasteiger partial charge in [0.05, 0.1) is 0 Å². The van der Waals surface area contributed by atoms with E-state index in [-0.39, 0.29) is 51.4 Å². The molecule has 0 fully saturated rings. The van der Waals surface area contributed by atoms with Crippen LogP contribution < -0.4 is 57.0 Å². The second-order valence-electron chi connectivity index (χ2n) is 3.03. The Balaban J connectivity index is 0.00000112. The molecule has 0 atom stereocenters. The van der Waals surface area contributed by atoms with Crippen LogP contribution in [-0.2, 0) is 0 Å². The number of nitrogens with one attached hydrogen (secondary N) is 1. The van der Waals surface area contributed by atoms with Gasteiger partial charge in [-0.2, -0.15) is 0 Å². The van der Waals surface area contributed by atoms with Gasteiger partial charge in [0.15, 0.2) is 0 Å². The maximum Gasteiger partial charge on any atom is 1.00 e. The zero-order valence-electron chi connectivity index (χ0n) is 7.90. The Hall–Kier alpha value is 0.541. The van der Waals surface area contributed by atoms with Gasteiger partial charge in [-0.3, -0.25) is 0 Å². The Bertz CT molecular complexity index is 482. The molecule has 0 amide bonds. The molecule has 0 aliphatic rings. The van der Waals surface area contributed by atoms with Gasteiger partial charge in [-0.25, -0.2) is 0 Å². The van der Waals surface area contributed by atoms with Crippen LogP contribution in [-0.4, -0.2) is 12.0 Å². The molecule has 0 saturated carbocycles. The Morgan fingerprint density at radius 2 is 1.80 bits per heavy atom. The number of aromatic amines is 1. The third-order valence-corrected chi connectivity index (χ3v) is 2.19. The molecule has 74 valence electrons. The van der Waals surface area contributed by atoms with E-state index < -0.39 is 12.6 Å². The maximum atomic E-state index is 12.3. The summed E-state index contributed by atoms with van der Waals surface area (Å²) in [6.07, 6.45) is 0. The van der Waals surface area contributed by atoms with Gasteiger partial charge in [-0.15, -0.1) is 0 Å². The van der Waals surface area contributed by atoms with Crippen LogP contribution in [0.2, 0.25) is 5.02 Å².